The molecule has 13 heavy (non-hydrogen) atoms. The highest BCUT2D eigenvalue weighted by Gasteiger charge is 2.08. The van der Waals surface area contributed by atoms with Gasteiger partial charge in [0.2, 0.25) is 0 Å². The fourth-order valence-corrected chi connectivity index (χ4v) is 1.21. The Morgan fingerprint density at radius 1 is 1.00 bits per heavy atom. The molecular formula is C13H26. The van der Waals surface area contributed by atoms with E-state index in [1.54, 1.807) is 0 Å². The molecular weight excluding hydrogens is 156 g/mol. The van der Waals surface area contributed by atoms with Crippen LogP contribution in [0.25, 0.3) is 0 Å². The fourth-order valence-electron chi connectivity index (χ4n) is 1.21. The Hall–Kier alpha value is -0.260. The van der Waals surface area contributed by atoms with Gasteiger partial charge in [-0.15, -0.1) is 0 Å². The molecule has 0 spiro atoms. The topological polar surface area (TPSA) is 0 Å². The van der Waals surface area contributed by atoms with Gasteiger partial charge >= 0.3 is 0 Å². The molecule has 78 valence electrons. The monoisotopic (exact) mass is 182 g/mol. The van der Waals surface area contributed by atoms with E-state index >= 15 is 0 Å². The van der Waals surface area contributed by atoms with E-state index in [1.807, 2.05) is 0 Å². The van der Waals surface area contributed by atoms with E-state index in [2.05, 4.69) is 39.8 Å². The molecule has 0 heteroatoms. The van der Waals surface area contributed by atoms with E-state index in [1.165, 1.54) is 38.5 Å². The van der Waals surface area contributed by atoms with Crippen molar-refractivity contribution in [3.05, 3.63) is 12.2 Å². The van der Waals surface area contributed by atoms with Crippen LogP contribution in [0.5, 0.6) is 0 Å². The average molecular weight is 182 g/mol. The molecule has 0 saturated heterocycles. The van der Waals surface area contributed by atoms with Crippen LogP contribution in [0.2, 0.25) is 0 Å². The number of unbranched alkanes of at least 4 members (excludes halogenated alkanes) is 4. The van der Waals surface area contributed by atoms with Gasteiger partial charge in [-0.2, -0.15) is 0 Å². The van der Waals surface area contributed by atoms with Gasteiger partial charge in [0.15, 0.2) is 0 Å². The van der Waals surface area contributed by atoms with Crippen LogP contribution in [0.1, 0.15) is 66.2 Å². The lowest BCUT2D eigenvalue weighted by Gasteiger charge is -2.16. The van der Waals surface area contributed by atoms with Gasteiger partial charge in [0.1, 0.15) is 0 Å². The van der Waals surface area contributed by atoms with Gasteiger partial charge in [-0.1, -0.05) is 59.1 Å². The largest absolute Gasteiger partial charge is 0.0880 e. The quantitative estimate of drug-likeness (QED) is 0.386. The third-order valence-corrected chi connectivity index (χ3v) is 2.70. The molecule has 0 bridgehead atoms. The minimum atomic E-state index is 0.407. The van der Waals surface area contributed by atoms with E-state index < -0.39 is 0 Å². The van der Waals surface area contributed by atoms with Gasteiger partial charge in [-0.25, -0.2) is 0 Å². The average Bonchev–Trinajstić information content (AvgIpc) is 2.11. The van der Waals surface area contributed by atoms with Gasteiger partial charge in [-0.05, 0) is 24.7 Å². The third kappa shape index (κ3) is 8.08. The van der Waals surface area contributed by atoms with Crippen LogP contribution in [0.3, 0.4) is 0 Å². The van der Waals surface area contributed by atoms with Crippen LogP contribution < -0.4 is 0 Å². The molecule has 0 aromatic rings. The lowest BCUT2D eigenvalue weighted by molar-refractivity contribution is 0.460. The van der Waals surface area contributed by atoms with Crippen molar-refractivity contribution in [1.82, 2.24) is 0 Å². The molecule has 0 radical (unpaired) electrons. The maximum Gasteiger partial charge on any atom is -0.0177 e. The standard InChI is InChI=1S/C13H26/c1-5-7-8-9-10-11-12-13(3,4)6-2/h11-12H,5-10H2,1-4H3. The van der Waals surface area contributed by atoms with Crippen molar-refractivity contribution < 1.29 is 0 Å². The van der Waals surface area contributed by atoms with Crippen LogP contribution in [-0.2, 0) is 0 Å². The Morgan fingerprint density at radius 3 is 2.23 bits per heavy atom. The Morgan fingerprint density at radius 2 is 1.69 bits per heavy atom. The highest BCUT2D eigenvalue weighted by Crippen LogP contribution is 2.21. The summed E-state index contributed by atoms with van der Waals surface area (Å²) in [5.74, 6) is 0. The van der Waals surface area contributed by atoms with E-state index in [0.717, 1.165) is 0 Å². The molecule has 0 fully saturated rings. The van der Waals surface area contributed by atoms with Gasteiger partial charge < -0.3 is 0 Å². The normalized spacial score (nSPS) is 12.6. The zero-order valence-corrected chi connectivity index (χ0v) is 9.90. The second-order valence-corrected chi connectivity index (χ2v) is 4.59. The molecule has 0 aromatic carbocycles. The zero-order chi connectivity index (χ0) is 10.2. The van der Waals surface area contributed by atoms with E-state index in [-0.39, 0.29) is 0 Å². The lowest BCUT2D eigenvalue weighted by Crippen LogP contribution is -2.03. The van der Waals surface area contributed by atoms with Crippen molar-refractivity contribution in [2.75, 3.05) is 0 Å². The first-order valence-corrected chi connectivity index (χ1v) is 5.80. The summed E-state index contributed by atoms with van der Waals surface area (Å²) >= 11 is 0. The number of hydrogen-bond acceptors (Lipinski definition) is 0. The first kappa shape index (κ1) is 12.7. The molecule has 0 N–H and O–H groups in total. The molecule has 0 nitrogen and oxygen atoms in total. The Labute approximate surface area is 84.4 Å². The summed E-state index contributed by atoms with van der Waals surface area (Å²) in [6.45, 7) is 9.11. The molecule has 0 amide bonds. The molecule has 0 aromatic heterocycles. The Bertz CT molecular complexity index is 131. The third-order valence-electron chi connectivity index (χ3n) is 2.70. The number of rotatable bonds is 7. The second-order valence-electron chi connectivity index (χ2n) is 4.59. The summed E-state index contributed by atoms with van der Waals surface area (Å²) in [6, 6.07) is 0. The molecule has 0 heterocycles. The maximum absolute atomic E-state index is 2.37. The van der Waals surface area contributed by atoms with E-state index in [0.29, 0.717) is 5.41 Å². The molecule has 0 aliphatic heterocycles. The van der Waals surface area contributed by atoms with Crippen LogP contribution in [0.15, 0.2) is 12.2 Å². The Balaban J connectivity index is 3.41. The molecule has 0 atom stereocenters. The highest BCUT2D eigenvalue weighted by atomic mass is 14.1. The van der Waals surface area contributed by atoms with Crippen LogP contribution in [0.4, 0.5) is 0 Å². The van der Waals surface area contributed by atoms with Crippen molar-refractivity contribution >= 4 is 0 Å². The van der Waals surface area contributed by atoms with Gasteiger partial charge in [0.25, 0.3) is 0 Å². The SMILES string of the molecule is CCCCCCC=CC(C)(C)CC. The van der Waals surface area contributed by atoms with Crippen molar-refractivity contribution in [3.8, 4) is 0 Å². The van der Waals surface area contributed by atoms with E-state index in [4.69, 9.17) is 0 Å². The Kier molecular flexibility index (Phi) is 7.03. The molecule has 0 saturated carbocycles. The van der Waals surface area contributed by atoms with Crippen LogP contribution in [0, 0.1) is 5.41 Å². The van der Waals surface area contributed by atoms with Crippen LogP contribution >= 0.6 is 0 Å². The van der Waals surface area contributed by atoms with Crippen molar-refractivity contribution in [2.45, 2.75) is 66.2 Å². The number of allylic oxidation sites excluding steroid dienone is 2. The first-order chi connectivity index (χ1) is 6.12. The summed E-state index contributed by atoms with van der Waals surface area (Å²) in [5.41, 5.74) is 0.407. The van der Waals surface area contributed by atoms with E-state index in [9.17, 15) is 0 Å². The smallest absolute Gasteiger partial charge is 0.0177 e. The fraction of sp³-hybridized carbons (Fsp3) is 0.846. The summed E-state index contributed by atoms with van der Waals surface area (Å²) < 4.78 is 0. The predicted octanol–water partition coefficient (Wildman–Crippen LogP) is 4.95. The van der Waals surface area contributed by atoms with Crippen molar-refractivity contribution in [2.24, 2.45) is 5.41 Å². The molecule has 0 aliphatic rings. The van der Waals surface area contributed by atoms with Gasteiger partial charge in [0, 0.05) is 0 Å². The summed E-state index contributed by atoms with van der Waals surface area (Å²) in [5, 5.41) is 0. The molecule has 0 unspecified atom stereocenters. The maximum atomic E-state index is 2.37. The van der Waals surface area contributed by atoms with Gasteiger partial charge in [-0.3, -0.25) is 0 Å². The number of hydrogen-bond donors (Lipinski definition) is 0. The minimum absolute atomic E-state index is 0.407. The van der Waals surface area contributed by atoms with Gasteiger partial charge in [0.05, 0.1) is 0 Å². The molecule has 0 rings (SSSR count). The lowest BCUT2D eigenvalue weighted by atomic mass is 9.89. The van der Waals surface area contributed by atoms with Crippen molar-refractivity contribution in [3.63, 3.8) is 0 Å². The summed E-state index contributed by atoms with van der Waals surface area (Å²) in [4.78, 5) is 0. The zero-order valence-electron chi connectivity index (χ0n) is 9.90. The highest BCUT2D eigenvalue weighted by molar-refractivity contribution is 4.93. The van der Waals surface area contributed by atoms with Crippen LogP contribution in [-0.4, -0.2) is 0 Å². The summed E-state index contributed by atoms with van der Waals surface area (Å²) in [7, 11) is 0. The summed E-state index contributed by atoms with van der Waals surface area (Å²) in [6.07, 6.45) is 12.7. The van der Waals surface area contributed by atoms with Crippen molar-refractivity contribution in [1.29, 1.82) is 0 Å². The first-order valence-electron chi connectivity index (χ1n) is 5.80. The second kappa shape index (κ2) is 7.17. The minimum Gasteiger partial charge on any atom is -0.0880 e. The molecule has 0 aliphatic carbocycles. The predicted molar refractivity (Wildman–Crippen MR) is 62.0 cm³/mol.